The smallest absolute Gasteiger partial charge is 0.345 e. The molecule has 1 aromatic rings. The number of carbonyl (C=O) groups is 1. The zero-order chi connectivity index (χ0) is 8.27. The molecule has 12 heavy (non-hydrogen) atoms. The number of carboxylic acid groups (broad SMARTS) is 1. The summed E-state index contributed by atoms with van der Waals surface area (Å²) in [5, 5.41) is 11.5. The molecule has 3 nitrogen and oxygen atoms in total. The summed E-state index contributed by atoms with van der Waals surface area (Å²) in [6.45, 7) is 0.734. The molecule has 5 heteroatoms. The van der Waals surface area contributed by atoms with Gasteiger partial charge in [0.1, 0.15) is 4.88 Å². The average Bonchev–Trinajstić information content (AvgIpc) is 2.37. The van der Waals surface area contributed by atoms with Gasteiger partial charge >= 0.3 is 5.97 Å². The molecule has 0 spiro atoms. The topological polar surface area (TPSA) is 49.3 Å². The molecule has 68 valence electrons. The summed E-state index contributed by atoms with van der Waals surface area (Å²) < 4.78 is 0. The van der Waals surface area contributed by atoms with Gasteiger partial charge in [-0.25, -0.2) is 4.79 Å². The van der Waals surface area contributed by atoms with Crippen molar-refractivity contribution >= 4 is 29.7 Å². The first kappa shape index (κ1) is 11.4. The van der Waals surface area contributed by atoms with Crippen LogP contribution in [-0.4, -0.2) is 18.1 Å². The van der Waals surface area contributed by atoms with Crippen molar-refractivity contribution in [2.45, 2.75) is 6.54 Å². The van der Waals surface area contributed by atoms with Gasteiger partial charge in [-0.2, -0.15) is 0 Å². The lowest BCUT2D eigenvalue weighted by Gasteiger charge is -1.90. The van der Waals surface area contributed by atoms with Crippen LogP contribution in [0.2, 0.25) is 0 Å². The highest BCUT2D eigenvalue weighted by Crippen LogP contribution is 2.15. The third-order valence-corrected chi connectivity index (χ3v) is 2.30. The fraction of sp³-hybridized carbons (Fsp3) is 0.286. The summed E-state index contributed by atoms with van der Waals surface area (Å²) in [6, 6.07) is 3.45. The van der Waals surface area contributed by atoms with E-state index in [9.17, 15) is 4.79 Å². The average molecular weight is 208 g/mol. The first-order valence-electron chi connectivity index (χ1n) is 3.20. The molecule has 0 radical (unpaired) electrons. The van der Waals surface area contributed by atoms with E-state index < -0.39 is 5.97 Å². The van der Waals surface area contributed by atoms with Crippen LogP contribution >= 0.6 is 23.7 Å². The van der Waals surface area contributed by atoms with Gasteiger partial charge in [-0.15, -0.1) is 23.7 Å². The Morgan fingerprint density at radius 2 is 2.33 bits per heavy atom. The number of hydrogen-bond donors (Lipinski definition) is 2. The lowest BCUT2D eigenvalue weighted by atomic mass is 10.4. The maximum Gasteiger partial charge on any atom is 0.345 e. The van der Waals surface area contributed by atoms with Gasteiger partial charge < -0.3 is 10.4 Å². The Balaban J connectivity index is 0.00000121. The molecule has 1 heterocycles. The largest absolute Gasteiger partial charge is 0.477 e. The minimum atomic E-state index is -0.850. The van der Waals surface area contributed by atoms with Gasteiger partial charge in [0.15, 0.2) is 0 Å². The molecule has 0 aliphatic rings. The summed E-state index contributed by atoms with van der Waals surface area (Å²) in [7, 11) is 1.83. The van der Waals surface area contributed by atoms with Crippen LogP contribution < -0.4 is 5.32 Å². The summed E-state index contributed by atoms with van der Waals surface area (Å²) in [5.74, 6) is -0.850. The predicted molar refractivity (Wildman–Crippen MR) is 51.3 cm³/mol. The van der Waals surface area contributed by atoms with E-state index in [0.29, 0.717) is 4.88 Å². The van der Waals surface area contributed by atoms with Crippen LogP contribution in [0.4, 0.5) is 0 Å². The first-order valence-corrected chi connectivity index (χ1v) is 4.02. The molecule has 0 saturated heterocycles. The molecule has 2 N–H and O–H groups in total. The van der Waals surface area contributed by atoms with Crippen molar-refractivity contribution in [1.29, 1.82) is 0 Å². The van der Waals surface area contributed by atoms with Crippen molar-refractivity contribution in [2.24, 2.45) is 0 Å². The van der Waals surface area contributed by atoms with E-state index in [1.54, 1.807) is 6.07 Å². The third kappa shape index (κ3) is 2.81. The zero-order valence-corrected chi connectivity index (χ0v) is 8.17. The van der Waals surface area contributed by atoms with Crippen LogP contribution in [-0.2, 0) is 6.54 Å². The van der Waals surface area contributed by atoms with Crippen molar-refractivity contribution in [3.63, 3.8) is 0 Å². The molecule has 1 rings (SSSR count). The van der Waals surface area contributed by atoms with Crippen LogP contribution in [0.25, 0.3) is 0 Å². The van der Waals surface area contributed by atoms with E-state index in [0.717, 1.165) is 11.4 Å². The highest BCUT2D eigenvalue weighted by Gasteiger charge is 2.05. The third-order valence-electron chi connectivity index (χ3n) is 1.22. The monoisotopic (exact) mass is 207 g/mol. The maximum atomic E-state index is 10.4. The zero-order valence-electron chi connectivity index (χ0n) is 6.53. The summed E-state index contributed by atoms with van der Waals surface area (Å²) in [6.07, 6.45) is 0. The van der Waals surface area contributed by atoms with Crippen molar-refractivity contribution in [2.75, 3.05) is 7.05 Å². The molecule has 0 bridgehead atoms. The van der Waals surface area contributed by atoms with E-state index in [1.807, 2.05) is 13.1 Å². The second kappa shape index (κ2) is 5.13. The molecule has 0 aliphatic carbocycles. The van der Waals surface area contributed by atoms with Gasteiger partial charge in [0, 0.05) is 11.4 Å². The Bertz CT molecular complexity index is 262. The van der Waals surface area contributed by atoms with Gasteiger partial charge in [0.2, 0.25) is 0 Å². The number of aromatic carboxylic acids is 1. The van der Waals surface area contributed by atoms with Crippen LogP contribution in [0, 0.1) is 0 Å². The van der Waals surface area contributed by atoms with Crippen LogP contribution in [0.1, 0.15) is 14.5 Å². The Kier molecular flexibility index (Phi) is 4.89. The van der Waals surface area contributed by atoms with Gasteiger partial charge in [0.05, 0.1) is 0 Å². The van der Waals surface area contributed by atoms with Gasteiger partial charge in [0.25, 0.3) is 0 Å². The second-order valence-electron chi connectivity index (χ2n) is 2.10. The molecule has 0 aliphatic heterocycles. The van der Waals surface area contributed by atoms with E-state index in [4.69, 9.17) is 5.11 Å². The maximum absolute atomic E-state index is 10.4. The van der Waals surface area contributed by atoms with E-state index in [-0.39, 0.29) is 12.4 Å². The van der Waals surface area contributed by atoms with E-state index in [2.05, 4.69) is 5.32 Å². The number of rotatable bonds is 3. The van der Waals surface area contributed by atoms with Crippen LogP contribution in [0.15, 0.2) is 12.1 Å². The van der Waals surface area contributed by atoms with Crippen molar-refractivity contribution in [1.82, 2.24) is 5.32 Å². The first-order chi connectivity index (χ1) is 5.24. The number of nitrogens with one attached hydrogen (secondary N) is 1. The Hall–Kier alpha value is -0.580. The molecular formula is C7H10ClNO2S. The van der Waals surface area contributed by atoms with Crippen molar-refractivity contribution in [3.8, 4) is 0 Å². The Labute approximate surface area is 80.8 Å². The molecular weight excluding hydrogens is 198 g/mol. The van der Waals surface area contributed by atoms with Crippen LogP contribution in [0.5, 0.6) is 0 Å². The second-order valence-corrected chi connectivity index (χ2v) is 3.27. The number of halogens is 1. The van der Waals surface area contributed by atoms with E-state index in [1.165, 1.54) is 11.3 Å². The molecule has 1 aromatic heterocycles. The quantitative estimate of drug-likeness (QED) is 0.792. The fourth-order valence-corrected chi connectivity index (χ4v) is 1.62. The van der Waals surface area contributed by atoms with Gasteiger partial charge in [-0.3, -0.25) is 0 Å². The normalized spacial score (nSPS) is 9.08. The molecule has 0 amide bonds. The lowest BCUT2D eigenvalue weighted by Crippen LogP contribution is -2.02. The van der Waals surface area contributed by atoms with Gasteiger partial charge in [-0.05, 0) is 19.2 Å². The molecule has 0 fully saturated rings. The Morgan fingerprint density at radius 1 is 1.67 bits per heavy atom. The number of thiophene rings is 1. The highest BCUT2D eigenvalue weighted by molar-refractivity contribution is 7.13. The Morgan fingerprint density at radius 3 is 2.75 bits per heavy atom. The van der Waals surface area contributed by atoms with E-state index >= 15 is 0 Å². The van der Waals surface area contributed by atoms with Gasteiger partial charge in [-0.1, -0.05) is 0 Å². The minimum Gasteiger partial charge on any atom is -0.477 e. The number of carboxylic acids is 1. The standard InChI is InChI=1S/C7H9NO2S.ClH/c1-8-4-5-2-3-6(11-5)7(9)10;/h2-3,8H,4H2,1H3,(H,9,10);1H. The molecule has 0 atom stereocenters. The minimum absolute atomic E-state index is 0. The van der Waals surface area contributed by atoms with Crippen LogP contribution in [0.3, 0.4) is 0 Å². The number of hydrogen-bond acceptors (Lipinski definition) is 3. The summed E-state index contributed by atoms with van der Waals surface area (Å²) in [5.41, 5.74) is 0. The SMILES string of the molecule is CNCc1ccc(C(=O)O)s1.Cl. The predicted octanol–water partition coefficient (Wildman–Crippen LogP) is 1.59. The van der Waals surface area contributed by atoms with Crippen molar-refractivity contribution in [3.05, 3.63) is 21.9 Å². The molecule has 0 saturated carbocycles. The summed E-state index contributed by atoms with van der Waals surface area (Å²) in [4.78, 5) is 11.9. The molecule has 0 aromatic carbocycles. The fourth-order valence-electron chi connectivity index (χ4n) is 0.762. The summed E-state index contributed by atoms with van der Waals surface area (Å²) >= 11 is 1.30. The lowest BCUT2D eigenvalue weighted by molar-refractivity contribution is 0.0702. The highest BCUT2D eigenvalue weighted by atomic mass is 35.5. The molecule has 0 unspecified atom stereocenters. The van der Waals surface area contributed by atoms with Crippen molar-refractivity contribution < 1.29 is 9.90 Å².